The van der Waals surface area contributed by atoms with Gasteiger partial charge in [-0.15, -0.1) is 0 Å². The van der Waals surface area contributed by atoms with E-state index in [1.54, 1.807) is 18.2 Å². The van der Waals surface area contributed by atoms with Gasteiger partial charge < -0.3 is 10.1 Å². The van der Waals surface area contributed by atoms with Crippen LogP contribution in [0.4, 0.5) is 10.1 Å². The van der Waals surface area contributed by atoms with Gasteiger partial charge in [-0.25, -0.2) is 4.39 Å². The summed E-state index contributed by atoms with van der Waals surface area (Å²) in [6, 6.07) is 10.6. The summed E-state index contributed by atoms with van der Waals surface area (Å²) < 4.78 is 19.3. The average Bonchev–Trinajstić information content (AvgIpc) is 2.49. The molecule has 6 heteroatoms. The lowest BCUT2D eigenvalue weighted by molar-refractivity contribution is -0.118. The van der Waals surface area contributed by atoms with E-state index in [1.807, 2.05) is 0 Å². The summed E-state index contributed by atoms with van der Waals surface area (Å²) in [7, 11) is 0. The quantitative estimate of drug-likeness (QED) is 0.839. The maximum absolute atomic E-state index is 13.4. The maximum Gasteiger partial charge on any atom is 0.262 e. The Morgan fingerprint density at radius 2 is 2.05 bits per heavy atom. The lowest BCUT2D eigenvalue weighted by atomic mass is 10.2. The molecule has 2 aromatic rings. The van der Waals surface area contributed by atoms with Gasteiger partial charge in [0.25, 0.3) is 5.91 Å². The first kappa shape index (κ1) is 15.2. The van der Waals surface area contributed by atoms with Gasteiger partial charge in [-0.05, 0) is 30.3 Å². The zero-order valence-electron chi connectivity index (χ0n) is 10.8. The topological polar surface area (TPSA) is 55.4 Å². The van der Waals surface area contributed by atoms with Crippen LogP contribution >= 0.6 is 15.9 Å². The second kappa shape index (κ2) is 6.99. The van der Waals surface area contributed by atoms with E-state index in [0.29, 0.717) is 22.1 Å². The smallest absolute Gasteiger partial charge is 0.262 e. The zero-order chi connectivity index (χ0) is 15.2. The van der Waals surface area contributed by atoms with Gasteiger partial charge in [-0.3, -0.25) is 9.59 Å². The van der Waals surface area contributed by atoms with Gasteiger partial charge >= 0.3 is 0 Å². The summed E-state index contributed by atoms with van der Waals surface area (Å²) in [5.74, 6) is -0.627. The molecule has 2 rings (SSSR count). The molecule has 21 heavy (non-hydrogen) atoms. The average molecular weight is 352 g/mol. The van der Waals surface area contributed by atoms with Crippen molar-refractivity contribution in [1.29, 1.82) is 0 Å². The molecule has 0 atom stereocenters. The van der Waals surface area contributed by atoms with Crippen molar-refractivity contribution in [2.24, 2.45) is 0 Å². The SMILES string of the molecule is O=Cc1cc(OCC(=O)Nc2ccccc2F)ccc1Br. The predicted octanol–water partition coefficient (Wildman–Crippen LogP) is 3.42. The van der Waals surface area contributed by atoms with Crippen LogP contribution in [0, 0.1) is 5.82 Å². The largest absolute Gasteiger partial charge is 0.484 e. The molecule has 0 unspecified atom stereocenters. The van der Waals surface area contributed by atoms with E-state index in [4.69, 9.17) is 4.74 Å². The molecule has 0 aliphatic heterocycles. The Morgan fingerprint density at radius 3 is 2.76 bits per heavy atom. The number of carbonyl (C=O) groups is 2. The van der Waals surface area contributed by atoms with E-state index in [1.165, 1.54) is 24.3 Å². The van der Waals surface area contributed by atoms with Crippen LogP contribution in [0.15, 0.2) is 46.9 Å². The van der Waals surface area contributed by atoms with Crippen molar-refractivity contribution in [1.82, 2.24) is 0 Å². The number of ether oxygens (including phenoxy) is 1. The molecule has 0 bridgehead atoms. The van der Waals surface area contributed by atoms with Gasteiger partial charge in [0.15, 0.2) is 12.9 Å². The number of rotatable bonds is 5. The molecule has 0 aromatic heterocycles. The molecular formula is C15H11BrFNO3. The molecular weight excluding hydrogens is 341 g/mol. The molecule has 0 saturated carbocycles. The summed E-state index contributed by atoms with van der Waals surface area (Å²) in [4.78, 5) is 22.5. The first-order chi connectivity index (χ1) is 10.1. The van der Waals surface area contributed by atoms with Gasteiger partial charge in [0.2, 0.25) is 0 Å². The predicted molar refractivity (Wildman–Crippen MR) is 80.1 cm³/mol. The Hall–Kier alpha value is -2.21. The highest BCUT2D eigenvalue weighted by molar-refractivity contribution is 9.10. The van der Waals surface area contributed by atoms with Gasteiger partial charge in [-0.2, -0.15) is 0 Å². The van der Waals surface area contributed by atoms with Gasteiger partial charge in [0.1, 0.15) is 11.6 Å². The first-order valence-corrected chi connectivity index (χ1v) is 6.81. The monoisotopic (exact) mass is 351 g/mol. The molecule has 1 N–H and O–H groups in total. The standard InChI is InChI=1S/C15H11BrFNO3/c16-12-6-5-11(7-10(12)8-19)21-9-15(20)18-14-4-2-1-3-13(14)17/h1-8H,9H2,(H,18,20). The van der Waals surface area contributed by atoms with E-state index < -0.39 is 11.7 Å². The molecule has 0 spiro atoms. The minimum absolute atomic E-state index is 0.0930. The van der Waals surface area contributed by atoms with Crippen molar-refractivity contribution in [3.05, 3.63) is 58.3 Å². The number of amides is 1. The van der Waals surface area contributed by atoms with Crippen molar-refractivity contribution < 1.29 is 18.7 Å². The highest BCUT2D eigenvalue weighted by Gasteiger charge is 2.08. The lowest BCUT2D eigenvalue weighted by Gasteiger charge is -2.09. The summed E-state index contributed by atoms with van der Waals surface area (Å²) in [6.07, 6.45) is 0.677. The van der Waals surface area contributed by atoms with E-state index in [2.05, 4.69) is 21.2 Å². The van der Waals surface area contributed by atoms with Crippen molar-refractivity contribution in [2.45, 2.75) is 0 Å². The molecule has 0 aliphatic carbocycles. The second-order valence-corrected chi connectivity index (χ2v) is 4.97. The number of para-hydroxylation sites is 1. The Balaban J connectivity index is 1.95. The van der Waals surface area contributed by atoms with E-state index >= 15 is 0 Å². The number of nitrogens with one attached hydrogen (secondary N) is 1. The minimum atomic E-state index is -0.516. The second-order valence-electron chi connectivity index (χ2n) is 4.12. The van der Waals surface area contributed by atoms with Crippen LogP contribution in [-0.2, 0) is 4.79 Å². The highest BCUT2D eigenvalue weighted by Crippen LogP contribution is 2.21. The van der Waals surface area contributed by atoms with Gasteiger partial charge in [0, 0.05) is 10.0 Å². The molecule has 0 saturated heterocycles. The van der Waals surface area contributed by atoms with Crippen molar-refractivity contribution in [3.63, 3.8) is 0 Å². The number of hydrogen-bond donors (Lipinski definition) is 1. The van der Waals surface area contributed by atoms with Crippen molar-refractivity contribution >= 4 is 33.8 Å². The molecule has 0 heterocycles. The molecule has 1 amide bonds. The first-order valence-electron chi connectivity index (χ1n) is 6.02. The fourth-order valence-corrected chi connectivity index (χ4v) is 1.94. The van der Waals surface area contributed by atoms with Crippen LogP contribution in [-0.4, -0.2) is 18.8 Å². The summed E-state index contributed by atoms with van der Waals surface area (Å²) in [6.45, 7) is -0.283. The third-order valence-electron chi connectivity index (χ3n) is 2.61. The van der Waals surface area contributed by atoms with Crippen LogP contribution in [0.25, 0.3) is 0 Å². The Kier molecular flexibility index (Phi) is 5.05. The number of benzene rings is 2. The number of carbonyl (C=O) groups excluding carboxylic acids is 2. The molecule has 0 radical (unpaired) electrons. The molecule has 2 aromatic carbocycles. The lowest BCUT2D eigenvalue weighted by Crippen LogP contribution is -2.20. The normalized spacial score (nSPS) is 10.0. The number of halogens is 2. The van der Waals surface area contributed by atoms with Crippen molar-refractivity contribution in [3.8, 4) is 5.75 Å². The van der Waals surface area contributed by atoms with Gasteiger partial charge in [-0.1, -0.05) is 28.1 Å². The van der Waals surface area contributed by atoms with Gasteiger partial charge in [0.05, 0.1) is 5.69 Å². The third kappa shape index (κ3) is 4.13. The van der Waals surface area contributed by atoms with E-state index in [0.717, 1.165) is 0 Å². The molecule has 0 aliphatic rings. The highest BCUT2D eigenvalue weighted by atomic mass is 79.9. The summed E-state index contributed by atoms with van der Waals surface area (Å²) >= 11 is 3.22. The van der Waals surface area contributed by atoms with Crippen LogP contribution in [0.5, 0.6) is 5.75 Å². The minimum Gasteiger partial charge on any atom is -0.484 e. The van der Waals surface area contributed by atoms with Crippen LogP contribution < -0.4 is 10.1 Å². The Bertz CT molecular complexity index is 676. The third-order valence-corrected chi connectivity index (χ3v) is 3.33. The van der Waals surface area contributed by atoms with E-state index in [-0.39, 0.29) is 12.3 Å². The summed E-state index contributed by atoms with van der Waals surface area (Å²) in [5, 5.41) is 2.40. The number of aldehydes is 1. The van der Waals surface area contributed by atoms with Crippen molar-refractivity contribution in [2.75, 3.05) is 11.9 Å². The molecule has 4 nitrogen and oxygen atoms in total. The molecule has 108 valence electrons. The molecule has 0 fully saturated rings. The summed E-state index contributed by atoms with van der Waals surface area (Å²) in [5.41, 5.74) is 0.512. The fourth-order valence-electron chi connectivity index (χ4n) is 1.60. The number of anilines is 1. The van der Waals surface area contributed by atoms with Crippen LogP contribution in [0.3, 0.4) is 0 Å². The van der Waals surface area contributed by atoms with Crippen LogP contribution in [0.2, 0.25) is 0 Å². The van der Waals surface area contributed by atoms with E-state index in [9.17, 15) is 14.0 Å². The van der Waals surface area contributed by atoms with Crippen LogP contribution in [0.1, 0.15) is 10.4 Å². The number of hydrogen-bond acceptors (Lipinski definition) is 3. The zero-order valence-corrected chi connectivity index (χ0v) is 12.4. The Morgan fingerprint density at radius 1 is 1.29 bits per heavy atom. The fraction of sp³-hybridized carbons (Fsp3) is 0.0667. The maximum atomic E-state index is 13.4. The Labute approximate surface area is 129 Å².